The first-order valence-electron chi connectivity index (χ1n) is 9.13. The fraction of sp³-hybridized carbons (Fsp3) is 0.900. The molecule has 0 unspecified atom stereocenters. The predicted octanol–water partition coefficient (Wildman–Crippen LogP) is 4.95. The van der Waals surface area contributed by atoms with E-state index in [0.29, 0.717) is 16.2 Å². The van der Waals surface area contributed by atoms with E-state index in [9.17, 15) is 5.11 Å². The zero-order chi connectivity index (χ0) is 15.2. The fourth-order valence-corrected chi connectivity index (χ4v) is 7.85. The van der Waals surface area contributed by atoms with E-state index in [0.717, 1.165) is 24.2 Å². The van der Waals surface area contributed by atoms with Crippen LogP contribution in [0.5, 0.6) is 0 Å². The summed E-state index contributed by atoms with van der Waals surface area (Å²) in [5.74, 6) is 2.56. The molecule has 1 nitrogen and oxygen atoms in total. The van der Waals surface area contributed by atoms with Crippen molar-refractivity contribution in [1.82, 2.24) is 0 Å². The molecule has 3 fully saturated rings. The Kier molecular flexibility index (Phi) is 2.70. The molecule has 21 heavy (non-hydrogen) atoms. The maximum atomic E-state index is 10.4. The number of allylic oxidation sites excluding steroid dienone is 1. The van der Waals surface area contributed by atoms with Crippen molar-refractivity contribution in [3.05, 3.63) is 11.1 Å². The van der Waals surface area contributed by atoms with Crippen LogP contribution in [0, 0.1) is 34.0 Å². The van der Waals surface area contributed by atoms with Crippen molar-refractivity contribution in [1.29, 1.82) is 0 Å². The minimum absolute atomic E-state index is 0.135. The van der Waals surface area contributed by atoms with Crippen LogP contribution in [0.25, 0.3) is 0 Å². The van der Waals surface area contributed by atoms with Gasteiger partial charge in [0.15, 0.2) is 0 Å². The van der Waals surface area contributed by atoms with Gasteiger partial charge >= 0.3 is 0 Å². The highest BCUT2D eigenvalue weighted by molar-refractivity contribution is 5.38. The van der Waals surface area contributed by atoms with Gasteiger partial charge in [-0.2, -0.15) is 0 Å². The Morgan fingerprint density at radius 1 is 1.14 bits per heavy atom. The molecule has 0 aromatic carbocycles. The molecule has 0 radical (unpaired) electrons. The number of aliphatic hydroxyl groups excluding tert-OH is 1. The van der Waals surface area contributed by atoms with Crippen molar-refractivity contribution >= 4 is 0 Å². The molecule has 0 aliphatic heterocycles. The van der Waals surface area contributed by atoms with Gasteiger partial charge < -0.3 is 5.11 Å². The first-order chi connectivity index (χ1) is 9.75. The molecule has 4 rings (SSSR count). The van der Waals surface area contributed by atoms with E-state index < -0.39 is 0 Å². The van der Waals surface area contributed by atoms with E-state index >= 15 is 0 Å². The summed E-state index contributed by atoms with van der Waals surface area (Å²) < 4.78 is 0. The van der Waals surface area contributed by atoms with Crippen molar-refractivity contribution < 1.29 is 5.11 Å². The van der Waals surface area contributed by atoms with E-state index in [1.807, 2.05) is 0 Å². The molecule has 0 heterocycles. The Labute approximate surface area is 130 Å². The quantitative estimate of drug-likeness (QED) is 0.626. The van der Waals surface area contributed by atoms with E-state index in [1.54, 1.807) is 0 Å². The first-order valence-corrected chi connectivity index (χ1v) is 9.13. The Morgan fingerprint density at radius 3 is 2.52 bits per heavy atom. The molecule has 4 aliphatic rings. The molecule has 1 heteroatoms. The second-order valence-electron chi connectivity index (χ2n) is 9.56. The molecule has 0 saturated heterocycles. The van der Waals surface area contributed by atoms with Crippen molar-refractivity contribution in [3.8, 4) is 0 Å². The highest BCUT2D eigenvalue weighted by Crippen LogP contribution is 2.77. The lowest BCUT2D eigenvalue weighted by Gasteiger charge is -2.60. The van der Waals surface area contributed by atoms with Gasteiger partial charge in [0.05, 0.1) is 6.10 Å². The molecule has 118 valence electrons. The SMILES string of the molecule is CC1=C2[C@@H](O)C[C@@]2(C)[C@@H]2C[C@@H]3CC[C@@H](C)[C@@]2(CC1)C3(C)C. The van der Waals surface area contributed by atoms with Gasteiger partial charge in [0, 0.05) is 0 Å². The maximum absolute atomic E-state index is 10.4. The Bertz CT molecular complexity index is 516. The zero-order valence-corrected chi connectivity index (χ0v) is 14.5. The molecule has 1 N–H and O–H groups in total. The van der Waals surface area contributed by atoms with Crippen LogP contribution < -0.4 is 0 Å². The normalized spacial score (nSPS) is 54.6. The molecule has 3 saturated carbocycles. The van der Waals surface area contributed by atoms with Crippen LogP contribution in [0.4, 0.5) is 0 Å². The molecule has 0 aromatic heterocycles. The number of aliphatic hydroxyl groups is 1. The monoisotopic (exact) mass is 288 g/mol. The maximum Gasteiger partial charge on any atom is 0.0766 e. The molecular weight excluding hydrogens is 256 g/mol. The second kappa shape index (κ2) is 3.96. The summed E-state index contributed by atoms with van der Waals surface area (Å²) in [5.41, 5.74) is 4.25. The van der Waals surface area contributed by atoms with Crippen molar-refractivity contribution in [3.63, 3.8) is 0 Å². The predicted molar refractivity (Wildman–Crippen MR) is 86.9 cm³/mol. The smallest absolute Gasteiger partial charge is 0.0766 e. The molecular formula is C20H32O. The van der Waals surface area contributed by atoms with Gasteiger partial charge in [0.2, 0.25) is 0 Å². The number of hydrogen-bond acceptors (Lipinski definition) is 1. The highest BCUT2D eigenvalue weighted by Gasteiger charge is 2.70. The lowest BCUT2D eigenvalue weighted by atomic mass is 9.45. The summed E-state index contributed by atoms with van der Waals surface area (Å²) in [6, 6.07) is 0. The highest BCUT2D eigenvalue weighted by atomic mass is 16.3. The Hall–Kier alpha value is -0.300. The third-order valence-corrected chi connectivity index (χ3v) is 8.90. The summed E-state index contributed by atoms with van der Waals surface area (Å²) in [4.78, 5) is 0. The minimum atomic E-state index is -0.135. The number of rotatable bonds is 0. The van der Waals surface area contributed by atoms with Crippen molar-refractivity contribution in [2.24, 2.45) is 34.0 Å². The van der Waals surface area contributed by atoms with E-state index in [2.05, 4.69) is 34.6 Å². The van der Waals surface area contributed by atoms with Gasteiger partial charge in [0.1, 0.15) is 0 Å². The van der Waals surface area contributed by atoms with Gasteiger partial charge in [-0.15, -0.1) is 0 Å². The lowest BCUT2D eigenvalue weighted by Crippen LogP contribution is -2.55. The molecule has 4 aliphatic carbocycles. The van der Waals surface area contributed by atoms with Crippen LogP contribution in [0.2, 0.25) is 0 Å². The number of hydrogen-bond donors (Lipinski definition) is 1. The van der Waals surface area contributed by atoms with Gasteiger partial charge in [-0.3, -0.25) is 0 Å². The third-order valence-electron chi connectivity index (χ3n) is 8.90. The standard InChI is InChI=1S/C20H32O/c1-12-8-9-20-13(2)6-7-14(18(20,3)4)10-16(20)19(5)11-15(21)17(12)19/h13-16,21H,6-11H2,1-5H3/t13-,14+,15+,16+,19+,20-/m1/s1. The lowest BCUT2D eigenvalue weighted by molar-refractivity contribution is -0.102. The van der Waals surface area contributed by atoms with Crippen LogP contribution in [0.1, 0.15) is 73.1 Å². The van der Waals surface area contributed by atoms with Crippen LogP contribution in [0.15, 0.2) is 11.1 Å². The van der Waals surface area contributed by atoms with Gasteiger partial charge in [-0.25, -0.2) is 0 Å². The van der Waals surface area contributed by atoms with Gasteiger partial charge in [0.25, 0.3) is 0 Å². The van der Waals surface area contributed by atoms with Gasteiger partial charge in [-0.05, 0) is 85.0 Å². The first kappa shape index (κ1) is 14.3. The minimum Gasteiger partial charge on any atom is -0.389 e. The van der Waals surface area contributed by atoms with Crippen LogP contribution >= 0.6 is 0 Å². The fourth-order valence-electron chi connectivity index (χ4n) is 7.85. The molecule has 1 spiro atoms. The van der Waals surface area contributed by atoms with E-state index in [1.165, 1.54) is 43.3 Å². The van der Waals surface area contributed by atoms with Crippen molar-refractivity contribution in [2.75, 3.05) is 0 Å². The summed E-state index contributed by atoms with van der Waals surface area (Å²) in [6.07, 6.45) is 7.74. The van der Waals surface area contributed by atoms with Crippen LogP contribution in [-0.2, 0) is 0 Å². The topological polar surface area (TPSA) is 20.2 Å². The second-order valence-corrected chi connectivity index (χ2v) is 9.56. The summed E-state index contributed by atoms with van der Waals surface area (Å²) >= 11 is 0. The molecule has 0 aromatic rings. The molecule has 2 bridgehead atoms. The third kappa shape index (κ3) is 1.39. The largest absolute Gasteiger partial charge is 0.389 e. The molecule has 0 amide bonds. The summed E-state index contributed by atoms with van der Waals surface area (Å²) in [6.45, 7) is 12.5. The van der Waals surface area contributed by atoms with Crippen molar-refractivity contribution in [2.45, 2.75) is 79.2 Å². The van der Waals surface area contributed by atoms with Crippen LogP contribution in [-0.4, -0.2) is 11.2 Å². The summed E-state index contributed by atoms with van der Waals surface area (Å²) in [7, 11) is 0. The summed E-state index contributed by atoms with van der Waals surface area (Å²) in [5, 5.41) is 10.4. The van der Waals surface area contributed by atoms with E-state index in [-0.39, 0.29) is 6.10 Å². The molecule has 6 atom stereocenters. The average Bonchev–Trinajstić information content (AvgIpc) is 2.47. The average molecular weight is 288 g/mol. The van der Waals surface area contributed by atoms with E-state index in [4.69, 9.17) is 0 Å². The van der Waals surface area contributed by atoms with Gasteiger partial charge in [-0.1, -0.05) is 33.3 Å². The number of fused-ring (bicyclic) bond motifs is 3. The Balaban J connectivity index is 1.89. The zero-order valence-electron chi connectivity index (χ0n) is 14.5. The Morgan fingerprint density at radius 2 is 1.86 bits per heavy atom. The van der Waals surface area contributed by atoms with Crippen LogP contribution in [0.3, 0.4) is 0 Å².